The summed E-state index contributed by atoms with van der Waals surface area (Å²) in [7, 11) is 0. The van der Waals surface area contributed by atoms with Gasteiger partial charge in [-0.25, -0.2) is 0 Å². The van der Waals surface area contributed by atoms with Gasteiger partial charge in [0.1, 0.15) is 0 Å². The van der Waals surface area contributed by atoms with Crippen LogP contribution in [-0.2, 0) is 11.2 Å². The summed E-state index contributed by atoms with van der Waals surface area (Å²) in [5.74, 6) is -0.700. The number of thioether (sulfide) groups is 1. The minimum Gasteiger partial charge on any atom is -0.481 e. The maximum Gasteiger partial charge on any atom is 0.309 e. The Bertz CT molecular complexity index is 758. The van der Waals surface area contributed by atoms with Crippen LogP contribution in [0.1, 0.15) is 88.8 Å². The van der Waals surface area contributed by atoms with E-state index in [9.17, 15) is 15.0 Å². The lowest BCUT2D eigenvalue weighted by Crippen LogP contribution is -2.23. The van der Waals surface area contributed by atoms with Gasteiger partial charge in [-0.2, -0.15) is 0 Å². The third-order valence-corrected chi connectivity index (χ3v) is 8.48. The number of hydrogen-bond acceptors (Lipinski definition) is 4. The van der Waals surface area contributed by atoms with Crippen molar-refractivity contribution in [3.05, 3.63) is 38.9 Å². The summed E-state index contributed by atoms with van der Waals surface area (Å²) >= 11 is 3.86. The smallest absolute Gasteiger partial charge is 0.309 e. The Labute approximate surface area is 197 Å². The number of aliphatic hydroxyl groups excluding tert-OH is 1. The number of aliphatic hydroxyl groups is 1. The largest absolute Gasteiger partial charge is 0.481 e. The number of rotatable bonds is 14. The minimum atomic E-state index is -0.700. The second-order valence-corrected chi connectivity index (χ2v) is 12.7. The van der Waals surface area contributed by atoms with Crippen LogP contribution in [0.2, 0.25) is 0 Å². The van der Waals surface area contributed by atoms with Crippen LogP contribution in [-0.4, -0.2) is 28.0 Å². The molecule has 0 bridgehead atoms. The van der Waals surface area contributed by atoms with Gasteiger partial charge >= 0.3 is 5.97 Å². The van der Waals surface area contributed by atoms with Crippen molar-refractivity contribution in [1.82, 2.24) is 0 Å². The molecular formula is C26H40O3S2. The van der Waals surface area contributed by atoms with Crippen LogP contribution in [0.4, 0.5) is 0 Å². The monoisotopic (exact) mass is 464 g/mol. The van der Waals surface area contributed by atoms with Crippen LogP contribution >= 0.6 is 23.1 Å². The highest BCUT2D eigenvalue weighted by Gasteiger charge is 2.26. The van der Waals surface area contributed by atoms with Crippen LogP contribution in [0.3, 0.4) is 0 Å². The van der Waals surface area contributed by atoms with E-state index in [0.29, 0.717) is 5.25 Å². The van der Waals surface area contributed by atoms with Crippen LogP contribution in [0.25, 0.3) is 6.08 Å². The molecule has 0 amide bonds. The van der Waals surface area contributed by atoms with Crippen molar-refractivity contribution in [2.45, 2.75) is 90.7 Å². The predicted molar refractivity (Wildman–Crippen MR) is 136 cm³/mol. The second-order valence-electron chi connectivity index (χ2n) is 10.2. The molecule has 1 aliphatic heterocycles. The summed E-state index contributed by atoms with van der Waals surface area (Å²) in [5.41, 5.74) is -0.567. The summed E-state index contributed by atoms with van der Waals surface area (Å²) < 4.78 is 0. The first-order valence-electron chi connectivity index (χ1n) is 11.6. The molecule has 174 valence electrons. The third kappa shape index (κ3) is 9.55. The molecule has 1 aromatic rings. The third-order valence-electron chi connectivity index (χ3n) is 6.05. The van der Waals surface area contributed by atoms with Gasteiger partial charge in [0, 0.05) is 21.6 Å². The zero-order valence-corrected chi connectivity index (χ0v) is 21.3. The summed E-state index contributed by atoms with van der Waals surface area (Å²) in [5, 5.41) is 19.1. The molecule has 31 heavy (non-hydrogen) atoms. The van der Waals surface area contributed by atoms with Gasteiger partial charge in [0.2, 0.25) is 0 Å². The van der Waals surface area contributed by atoms with Crippen LogP contribution in [0.5, 0.6) is 0 Å². The number of unbranched alkanes of at least 4 members (excludes halogenated alkanes) is 2. The molecule has 5 heteroatoms. The molecule has 1 aliphatic rings. The number of hydrogen-bond donors (Lipinski definition) is 2. The number of carbonyl (C=O) groups is 1. The molecule has 0 saturated carbocycles. The molecule has 0 saturated heterocycles. The Morgan fingerprint density at radius 2 is 1.81 bits per heavy atom. The molecule has 0 aliphatic carbocycles. The molecule has 2 rings (SSSR count). The van der Waals surface area contributed by atoms with Gasteiger partial charge < -0.3 is 10.2 Å². The van der Waals surface area contributed by atoms with Gasteiger partial charge in [0.05, 0.1) is 5.41 Å². The first kappa shape index (κ1) is 26.2. The van der Waals surface area contributed by atoms with Crippen molar-refractivity contribution in [1.29, 1.82) is 0 Å². The summed E-state index contributed by atoms with van der Waals surface area (Å²) in [6, 6.07) is 4.48. The van der Waals surface area contributed by atoms with Gasteiger partial charge in [-0.05, 0) is 87.3 Å². The van der Waals surface area contributed by atoms with Gasteiger partial charge in [-0.1, -0.05) is 38.8 Å². The Morgan fingerprint density at radius 3 is 2.52 bits per heavy atom. The zero-order valence-electron chi connectivity index (χ0n) is 19.7. The van der Waals surface area contributed by atoms with Gasteiger partial charge in [-0.3, -0.25) is 4.79 Å². The number of carboxylic acids is 1. The maximum atomic E-state index is 11.2. The van der Waals surface area contributed by atoms with Crippen molar-refractivity contribution < 1.29 is 15.0 Å². The molecule has 0 radical (unpaired) electrons. The molecule has 0 aromatic carbocycles. The van der Waals surface area contributed by atoms with E-state index in [-0.39, 0.29) is 12.0 Å². The lowest BCUT2D eigenvalue weighted by molar-refractivity contribution is -0.147. The number of aliphatic carboxylic acids is 1. The van der Waals surface area contributed by atoms with Crippen molar-refractivity contribution in [2.75, 3.05) is 6.61 Å². The normalized spacial score (nSPS) is 17.5. The fourth-order valence-electron chi connectivity index (χ4n) is 3.59. The average Bonchev–Trinajstić information content (AvgIpc) is 3.36. The molecule has 3 nitrogen and oxygen atoms in total. The van der Waals surface area contributed by atoms with Crippen molar-refractivity contribution >= 4 is 35.1 Å². The van der Waals surface area contributed by atoms with E-state index in [1.165, 1.54) is 21.1 Å². The molecule has 2 N–H and O–H groups in total. The minimum absolute atomic E-state index is 0.0459. The Hall–Kier alpha value is -1.04. The standard InChI is InChI=1S/C26H40O3S2/c1-25(2,19-27)17-7-5-9-20-11-13-22(30-20)15-16-23-14-12-21(31-23)10-6-8-18-26(3,4)24(28)29/h11-13,15-16,23,27H,5-10,14,17-19H2,1-4H3,(H,28,29)/b16-15-. The lowest BCUT2D eigenvalue weighted by Gasteiger charge is -2.20. The number of thiophene rings is 1. The van der Waals surface area contributed by atoms with Gasteiger partial charge in [0.25, 0.3) is 0 Å². The molecule has 2 heterocycles. The Kier molecular flexibility index (Phi) is 10.4. The molecule has 0 spiro atoms. The summed E-state index contributed by atoms with van der Waals surface area (Å²) in [6.07, 6.45) is 16.4. The SMILES string of the molecule is CC(C)(CO)CCCCc1ccc(/C=C\C2CC=C(CCCCC(C)(C)C(=O)O)S2)s1. The first-order chi connectivity index (χ1) is 14.6. The van der Waals surface area contributed by atoms with E-state index in [4.69, 9.17) is 0 Å². The predicted octanol–water partition coefficient (Wildman–Crippen LogP) is 7.55. The topological polar surface area (TPSA) is 57.5 Å². The van der Waals surface area contributed by atoms with Crippen molar-refractivity contribution in [3.63, 3.8) is 0 Å². The van der Waals surface area contributed by atoms with E-state index in [1.54, 1.807) is 0 Å². The second kappa shape index (κ2) is 12.3. The van der Waals surface area contributed by atoms with Gasteiger partial charge in [0.15, 0.2) is 0 Å². The van der Waals surface area contributed by atoms with Crippen molar-refractivity contribution in [2.24, 2.45) is 10.8 Å². The quantitative estimate of drug-likeness (QED) is 0.279. The fourth-order valence-corrected chi connectivity index (χ4v) is 5.75. The fraction of sp³-hybridized carbons (Fsp3) is 0.654. The highest BCUT2D eigenvalue weighted by Crippen LogP contribution is 2.37. The molecule has 1 atom stereocenters. The zero-order chi connectivity index (χ0) is 22.9. The highest BCUT2D eigenvalue weighted by molar-refractivity contribution is 8.04. The van der Waals surface area contributed by atoms with E-state index >= 15 is 0 Å². The average molecular weight is 465 g/mol. The van der Waals surface area contributed by atoms with E-state index in [0.717, 1.165) is 51.4 Å². The Balaban J connectivity index is 1.65. The van der Waals surface area contributed by atoms with Crippen molar-refractivity contribution in [3.8, 4) is 0 Å². The number of carboxylic acid groups (broad SMARTS) is 1. The number of allylic oxidation sites excluding steroid dienone is 2. The molecule has 1 unspecified atom stereocenters. The van der Waals surface area contributed by atoms with E-state index in [1.807, 2.05) is 36.9 Å². The molecular weight excluding hydrogens is 424 g/mol. The maximum absolute atomic E-state index is 11.2. The van der Waals surface area contributed by atoms with Crippen LogP contribution in [0.15, 0.2) is 29.2 Å². The van der Waals surface area contributed by atoms with E-state index < -0.39 is 11.4 Å². The van der Waals surface area contributed by atoms with Gasteiger partial charge in [-0.15, -0.1) is 23.1 Å². The van der Waals surface area contributed by atoms with Crippen LogP contribution in [0, 0.1) is 10.8 Å². The lowest BCUT2D eigenvalue weighted by atomic mass is 9.87. The number of aryl methyl sites for hydroxylation is 1. The van der Waals surface area contributed by atoms with E-state index in [2.05, 4.69) is 44.2 Å². The summed E-state index contributed by atoms with van der Waals surface area (Å²) in [4.78, 5) is 15.4. The molecule has 0 fully saturated rings. The van der Waals surface area contributed by atoms with Crippen LogP contribution < -0.4 is 0 Å². The Morgan fingerprint density at radius 1 is 1.10 bits per heavy atom. The summed E-state index contributed by atoms with van der Waals surface area (Å²) in [6.45, 7) is 8.14. The highest BCUT2D eigenvalue weighted by atomic mass is 32.2. The first-order valence-corrected chi connectivity index (χ1v) is 13.3. The molecule has 1 aromatic heterocycles.